The Labute approximate surface area is 167 Å². The average molecular weight is 411 g/mol. The third-order valence-electron chi connectivity index (χ3n) is 5.97. The third kappa shape index (κ3) is 4.82. The molecule has 1 N–H and O–H groups in total. The Hall–Kier alpha value is -1.71. The predicted molar refractivity (Wildman–Crippen MR) is 109 cm³/mol. The number of benzene rings is 1. The summed E-state index contributed by atoms with van der Waals surface area (Å²) in [5.74, 6) is 1.27. The van der Waals surface area contributed by atoms with Gasteiger partial charge in [-0.3, -0.25) is 10.1 Å². The smallest absolute Gasteiger partial charge is 0.293 e. The van der Waals surface area contributed by atoms with Gasteiger partial charge in [-0.1, -0.05) is 6.92 Å². The molecule has 156 valence electrons. The monoisotopic (exact) mass is 410 g/mol. The number of sulfonamides is 1. The maximum Gasteiger partial charge on any atom is 0.293 e. The number of nitro groups is 1. The molecule has 1 aromatic carbocycles. The topological polar surface area (TPSA) is 95.8 Å². The van der Waals surface area contributed by atoms with Crippen LogP contribution >= 0.6 is 0 Å². The maximum atomic E-state index is 12.0. The lowest BCUT2D eigenvalue weighted by atomic mass is 9.94. The van der Waals surface area contributed by atoms with E-state index in [1.165, 1.54) is 26.0 Å². The molecule has 0 spiro atoms. The van der Waals surface area contributed by atoms with Crippen molar-refractivity contribution in [2.45, 2.75) is 37.5 Å². The Balaban J connectivity index is 1.75. The van der Waals surface area contributed by atoms with Crippen LogP contribution in [0.15, 0.2) is 23.1 Å². The largest absolute Gasteiger partial charge is 0.366 e. The minimum atomic E-state index is -3.72. The van der Waals surface area contributed by atoms with Gasteiger partial charge < -0.3 is 9.80 Å². The summed E-state index contributed by atoms with van der Waals surface area (Å²) in [5.41, 5.74) is 0.362. The molecule has 2 aliphatic heterocycles. The lowest BCUT2D eigenvalue weighted by Gasteiger charge is -2.38. The number of piperidine rings is 2. The van der Waals surface area contributed by atoms with Crippen LogP contribution < -0.4 is 9.62 Å². The van der Waals surface area contributed by atoms with E-state index in [1.54, 1.807) is 6.07 Å². The number of rotatable bonds is 6. The van der Waals surface area contributed by atoms with E-state index in [2.05, 4.69) is 21.4 Å². The third-order valence-corrected chi connectivity index (χ3v) is 7.39. The summed E-state index contributed by atoms with van der Waals surface area (Å²) >= 11 is 0. The second-order valence-electron chi connectivity index (χ2n) is 8.05. The van der Waals surface area contributed by atoms with Gasteiger partial charge in [-0.15, -0.1) is 0 Å². The van der Waals surface area contributed by atoms with Crippen molar-refractivity contribution in [1.82, 2.24) is 9.62 Å². The Morgan fingerprint density at radius 2 is 1.93 bits per heavy atom. The van der Waals surface area contributed by atoms with Crippen LogP contribution in [0.2, 0.25) is 0 Å². The van der Waals surface area contributed by atoms with Gasteiger partial charge in [-0.25, -0.2) is 13.1 Å². The van der Waals surface area contributed by atoms with E-state index in [0.29, 0.717) is 11.6 Å². The molecule has 2 saturated heterocycles. The molecule has 0 amide bonds. The van der Waals surface area contributed by atoms with Gasteiger partial charge in [0, 0.05) is 25.7 Å². The highest BCUT2D eigenvalue weighted by Crippen LogP contribution is 2.34. The summed E-state index contributed by atoms with van der Waals surface area (Å²) in [7, 11) is -2.42. The van der Waals surface area contributed by atoms with E-state index in [1.807, 2.05) is 0 Å². The fraction of sp³-hybridized carbons (Fsp3) is 0.684. The Morgan fingerprint density at radius 3 is 2.57 bits per heavy atom. The lowest BCUT2D eigenvalue weighted by Crippen LogP contribution is -2.43. The SMILES string of the molecule is CNS(=O)(=O)c1ccc(N2CCCC(CN3CCC(C)CC3)C2)c([N+](=O)[O-])c1. The number of nitrogens with zero attached hydrogens (tertiary/aromatic N) is 3. The van der Waals surface area contributed by atoms with E-state index in [0.717, 1.165) is 57.5 Å². The number of hydrogen-bond acceptors (Lipinski definition) is 6. The van der Waals surface area contributed by atoms with Crippen molar-refractivity contribution in [3.05, 3.63) is 28.3 Å². The molecule has 9 heteroatoms. The first-order valence-electron chi connectivity index (χ1n) is 9.99. The van der Waals surface area contributed by atoms with E-state index in [-0.39, 0.29) is 10.6 Å². The molecule has 1 aromatic rings. The van der Waals surface area contributed by atoms with Gasteiger partial charge in [0.1, 0.15) is 5.69 Å². The minimum absolute atomic E-state index is 0.0820. The molecule has 0 bridgehead atoms. The molecular weight excluding hydrogens is 380 g/mol. The first-order valence-corrected chi connectivity index (χ1v) is 11.5. The van der Waals surface area contributed by atoms with Crippen molar-refractivity contribution in [1.29, 1.82) is 0 Å². The number of nitrogens with one attached hydrogen (secondary N) is 1. The van der Waals surface area contributed by atoms with Crippen LogP contribution in [0.3, 0.4) is 0 Å². The predicted octanol–water partition coefficient (Wildman–Crippen LogP) is 2.45. The summed E-state index contributed by atoms with van der Waals surface area (Å²) in [6.45, 7) is 7.13. The summed E-state index contributed by atoms with van der Waals surface area (Å²) < 4.78 is 26.2. The quantitative estimate of drug-likeness (QED) is 0.572. The van der Waals surface area contributed by atoms with Gasteiger partial charge in [-0.2, -0.15) is 0 Å². The highest BCUT2D eigenvalue weighted by molar-refractivity contribution is 7.89. The van der Waals surface area contributed by atoms with Crippen molar-refractivity contribution >= 4 is 21.4 Å². The zero-order chi connectivity index (χ0) is 20.3. The zero-order valence-corrected chi connectivity index (χ0v) is 17.5. The van der Waals surface area contributed by atoms with Crippen LogP contribution in [0.5, 0.6) is 0 Å². The van der Waals surface area contributed by atoms with Gasteiger partial charge in [0.15, 0.2) is 0 Å². The molecule has 2 aliphatic rings. The van der Waals surface area contributed by atoms with Gasteiger partial charge >= 0.3 is 0 Å². The molecule has 0 radical (unpaired) electrons. The molecule has 2 fully saturated rings. The van der Waals surface area contributed by atoms with E-state index in [4.69, 9.17) is 0 Å². The highest BCUT2D eigenvalue weighted by Gasteiger charge is 2.29. The summed E-state index contributed by atoms with van der Waals surface area (Å²) in [5, 5.41) is 11.6. The second-order valence-corrected chi connectivity index (χ2v) is 9.94. The van der Waals surface area contributed by atoms with Gasteiger partial charge in [-0.05, 0) is 69.8 Å². The van der Waals surface area contributed by atoms with Crippen molar-refractivity contribution in [3.63, 3.8) is 0 Å². The zero-order valence-electron chi connectivity index (χ0n) is 16.6. The Morgan fingerprint density at radius 1 is 1.21 bits per heavy atom. The van der Waals surface area contributed by atoms with Crippen molar-refractivity contribution < 1.29 is 13.3 Å². The fourth-order valence-electron chi connectivity index (χ4n) is 4.24. The Kier molecular flexibility index (Phi) is 6.57. The van der Waals surface area contributed by atoms with Gasteiger partial charge in [0.25, 0.3) is 5.69 Å². The minimum Gasteiger partial charge on any atom is -0.366 e. The standard InChI is InChI=1S/C19H30N4O4S/c1-15-7-10-21(11-8-15)13-16-4-3-9-22(14-16)18-6-5-17(28(26,27)20-2)12-19(18)23(24)25/h5-6,12,15-16,20H,3-4,7-11,13-14H2,1-2H3. The number of anilines is 1. The molecule has 28 heavy (non-hydrogen) atoms. The van der Waals surface area contributed by atoms with Crippen molar-refractivity contribution in [2.24, 2.45) is 11.8 Å². The van der Waals surface area contributed by atoms with Crippen LogP contribution in [0.4, 0.5) is 11.4 Å². The Bertz CT molecular complexity index is 806. The van der Waals surface area contributed by atoms with Crippen LogP contribution in [0, 0.1) is 22.0 Å². The second kappa shape index (κ2) is 8.75. The van der Waals surface area contributed by atoms with Crippen molar-refractivity contribution in [2.75, 3.05) is 44.7 Å². The molecular formula is C19H30N4O4S. The normalized spacial score (nSPS) is 22.4. The maximum absolute atomic E-state index is 12.0. The van der Waals surface area contributed by atoms with Gasteiger partial charge in [0.2, 0.25) is 10.0 Å². The van der Waals surface area contributed by atoms with E-state index < -0.39 is 14.9 Å². The fourth-order valence-corrected chi connectivity index (χ4v) is 4.99. The van der Waals surface area contributed by atoms with Crippen molar-refractivity contribution in [3.8, 4) is 0 Å². The number of likely N-dealkylation sites (tertiary alicyclic amines) is 1. The molecule has 0 aromatic heterocycles. The summed E-state index contributed by atoms with van der Waals surface area (Å²) in [6, 6.07) is 4.19. The number of nitro benzene ring substituents is 1. The number of hydrogen-bond donors (Lipinski definition) is 1. The summed E-state index contributed by atoms with van der Waals surface area (Å²) in [6.07, 6.45) is 4.60. The van der Waals surface area contributed by atoms with E-state index >= 15 is 0 Å². The molecule has 1 unspecified atom stereocenters. The molecule has 0 saturated carbocycles. The molecule has 8 nitrogen and oxygen atoms in total. The van der Waals surface area contributed by atoms with Crippen LogP contribution in [0.25, 0.3) is 0 Å². The first-order chi connectivity index (χ1) is 13.3. The average Bonchev–Trinajstić information content (AvgIpc) is 2.69. The van der Waals surface area contributed by atoms with Crippen LogP contribution in [0.1, 0.15) is 32.6 Å². The lowest BCUT2D eigenvalue weighted by molar-refractivity contribution is -0.384. The van der Waals surface area contributed by atoms with E-state index in [9.17, 15) is 18.5 Å². The molecule has 1 atom stereocenters. The van der Waals surface area contributed by atoms with Crippen LogP contribution in [-0.4, -0.2) is 58.0 Å². The highest BCUT2D eigenvalue weighted by atomic mass is 32.2. The summed E-state index contributed by atoms with van der Waals surface area (Å²) in [4.78, 5) is 15.6. The van der Waals surface area contributed by atoms with Gasteiger partial charge in [0.05, 0.1) is 9.82 Å². The molecule has 0 aliphatic carbocycles. The molecule has 2 heterocycles. The first kappa shape index (κ1) is 21.0. The molecule has 3 rings (SSSR count). The van der Waals surface area contributed by atoms with Crippen LogP contribution in [-0.2, 0) is 10.0 Å².